The fraction of sp³-hybridized carbons (Fsp3) is 1.00. The van der Waals surface area contributed by atoms with E-state index in [0.717, 1.165) is 12.8 Å². The summed E-state index contributed by atoms with van der Waals surface area (Å²) in [5.74, 6) is 0. The number of hydrogen-bond acceptors (Lipinski definition) is 4. The van der Waals surface area contributed by atoms with Gasteiger partial charge in [0.15, 0.2) is 0 Å². The standard InChI is InChI=1S/C12H25NO3/c1-12(2,3)16-8-10(14)7-13-9-5-11(6-9)15-4/h9-11,13-14H,5-8H2,1-4H3. The third-order valence-corrected chi connectivity index (χ3v) is 2.78. The molecule has 0 aliphatic heterocycles. The minimum atomic E-state index is -0.430. The number of aliphatic hydroxyl groups is 1. The van der Waals surface area contributed by atoms with Crippen molar-refractivity contribution in [1.29, 1.82) is 0 Å². The third kappa shape index (κ3) is 5.25. The molecule has 1 aliphatic carbocycles. The lowest BCUT2D eigenvalue weighted by Crippen LogP contribution is -2.48. The highest BCUT2D eigenvalue weighted by Gasteiger charge is 2.28. The Balaban J connectivity index is 2.01. The molecule has 0 bridgehead atoms. The molecular formula is C12H25NO3. The van der Waals surface area contributed by atoms with Crippen LogP contribution in [0.3, 0.4) is 0 Å². The first-order valence-corrected chi connectivity index (χ1v) is 5.99. The summed E-state index contributed by atoms with van der Waals surface area (Å²) in [5.41, 5.74) is -0.182. The number of rotatable bonds is 6. The summed E-state index contributed by atoms with van der Waals surface area (Å²) in [6, 6.07) is 0.495. The minimum absolute atomic E-state index is 0.182. The fourth-order valence-electron chi connectivity index (χ4n) is 1.63. The second kappa shape index (κ2) is 5.96. The summed E-state index contributed by atoms with van der Waals surface area (Å²) < 4.78 is 10.7. The van der Waals surface area contributed by atoms with Crippen molar-refractivity contribution in [2.45, 2.75) is 57.5 Å². The summed E-state index contributed by atoms with van der Waals surface area (Å²) in [4.78, 5) is 0. The number of aliphatic hydroxyl groups excluding tert-OH is 1. The first-order valence-electron chi connectivity index (χ1n) is 5.99. The molecule has 0 saturated heterocycles. The summed E-state index contributed by atoms with van der Waals surface area (Å²) >= 11 is 0. The van der Waals surface area contributed by atoms with Crippen LogP contribution in [0.5, 0.6) is 0 Å². The Morgan fingerprint density at radius 2 is 2.00 bits per heavy atom. The molecule has 1 unspecified atom stereocenters. The van der Waals surface area contributed by atoms with E-state index in [4.69, 9.17) is 9.47 Å². The van der Waals surface area contributed by atoms with Crippen molar-refractivity contribution >= 4 is 0 Å². The van der Waals surface area contributed by atoms with Gasteiger partial charge in [0.25, 0.3) is 0 Å². The van der Waals surface area contributed by atoms with E-state index < -0.39 is 6.10 Å². The van der Waals surface area contributed by atoms with Crippen molar-refractivity contribution in [1.82, 2.24) is 5.32 Å². The van der Waals surface area contributed by atoms with E-state index in [0.29, 0.717) is 25.3 Å². The Morgan fingerprint density at radius 3 is 2.50 bits per heavy atom. The monoisotopic (exact) mass is 231 g/mol. The predicted molar refractivity (Wildman–Crippen MR) is 63.5 cm³/mol. The zero-order valence-corrected chi connectivity index (χ0v) is 10.8. The normalized spacial score (nSPS) is 27.6. The fourth-order valence-corrected chi connectivity index (χ4v) is 1.63. The molecule has 2 N–H and O–H groups in total. The van der Waals surface area contributed by atoms with Gasteiger partial charge in [-0.1, -0.05) is 0 Å². The molecule has 16 heavy (non-hydrogen) atoms. The molecule has 1 atom stereocenters. The molecule has 0 heterocycles. The molecule has 0 amide bonds. The van der Waals surface area contributed by atoms with Gasteiger partial charge in [-0.2, -0.15) is 0 Å². The van der Waals surface area contributed by atoms with Gasteiger partial charge in [0.1, 0.15) is 0 Å². The number of hydrogen-bond donors (Lipinski definition) is 2. The van der Waals surface area contributed by atoms with Crippen molar-refractivity contribution in [3.05, 3.63) is 0 Å². The van der Waals surface area contributed by atoms with Gasteiger partial charge in [-0.3, -0.25) is 0 Å². The van der Waals surface area contributed by atoms with Gasteiger partial charge in [-0.15, -0.1) is 0 Å². The molecule has 0 aromatic carbocycles. The zero-order chi connectivity index (χ0) is 12.2. The highest BCUT2D eigenvalue weighted by molar-refractivity contribution is 4.86. The van der Waals surface area contributed by atoms with Gasteiger partial charge in [-0.05, 0) is 33.6 Å². The Hall–Kier alpha value is -0.160. The smallest absolute Gasteiger partial charge is 0.0898 e. The van der Waals surface area contributed by atoms with Crippen LogP contribution >= 0.6 is 0 Å². The van der Waals surface area contributed by atoms with Crippen molar-refractivity contribution < 1.29 is 14.6 Å². The van der Waals surface area contributed by atoms with E-state index in [2.05, 4.69) is 5.32 Å². The maximum absolute atomic E-state index is 9.69. The van der Waals surface area contributed by atoms with Gasteiger partial charge in [0.05, 0.1) is 24.4 Å². The van der Waals surface area contributed by atoms with Gasteiger partial charge >= 0.3 is 0 Å². The first kappa shape index (κ1) is 13.9. The molecule has 0 radical (unpaired) electrons. The Kier molecular flexibility index (Phi) is 5.18. The van der Waals surface area contributed by atoms with E-state index in [1.165, 1.54) is 0 Å². The summed E-state index contributed by atoms with van der Waals surface area (Å²) in [7, 11) is 1.74. The maximum Gasteiger partial charge on any atom is 0.0898 e. The van der Waals surface area contributed by atoms with Crippen LogP contribution < -0.4 is 5.32 Å². The predicted octanol–water partition coefficient (Wildman–Crippen LogP) is 0.929. The number of ether oxygens (including phenoxy) is 2. The van der Waals surface area contributed by atoms with Gasteiger partial charge in [0, 0.05) is 19.7 Å². The topological polar surface area (TPSA) is 50.7 Å². The third-order valence-electron chi connectivity index (χ3n) is 2.78. The lowest BCUT2D eigenvalue weighted by Gasteiger charge is -2.35. The Labute approximate surface area is 98.3 Å². The van der Waals surface area contributed by atoms with Crippen LogP contribution in [-0.2, 0) is 9.47 Å². The molecule has 0 spiro atoms. The van der Waals surface area contributed by atoms with Crippen molar-refractivity contribution in [2.75, 3.05) is 20.3 Å². The molecule has 96 valence electrons. The van der Waals surface area contributed by atoms with E-state index in [1.54, 1.807) is 7.11 Å². The second-order valence-corrected chi connectivity index (χ2v) is 5.51. The highest BCUT2D eigenvalue weighted by atomic mass is 16.5. The number of methoxy groups -OCH3 is 1. The van der Waals surface area contributed by atoms with Crippen LogP contribution in [0.4, 0.5) is 0 Å². The van der Waals surface area contributed by atoms with Crippen LogP contribution in [0.15, 0.2) is 0 Å². The molecule has 0 aromatic rings. The van der Waals surface area contributed by atoms with Crippen LogP contribution in [0.1, 0.15) is 33.6 Å². The molecule has 4 heteroatoms. The highest BCUT2D eigenvalue weighted by Crippen LogP contribution is 2.22. The Bertz CT molecular complexity index is 197. The largest absolute Gasteiger partial charge is 0.389 e. The van der Waals surface area contributed by atoms with Crippen LogP contribution in [0, 0.1) is 0 Å². The second-order valence-electron chi connectivity index (χ2n) is 5.51. The quantitative estimate of drug-likeness (QED) is 0.714. The van der Waals surface area contributed by atoms with Gasteiger partial charge in [0.2, 0.25) is 0 Å². The molecule has 1 fully saturated rings. The van der Waals surface area contributed by atoms with Crippen molar-refractivity contribution in [3.63, 3.8) is 0 Å². The molecular weight excluding hydrogens is 206 g/mol. The van der Waals surface area contributed by atoms with Crippen molar-refractivity contribution in [3.8, 4) is 0 Å². The maximum atomic E-state index is 9.69. The van der Waals surface area contributed by atoms with Crippen LogP contribution in [-0.4, -0.2) is 49.2 Å². The van der Waals surface area contributed by atoms with E-state index in [9.17, 15) is 5.11 Å². The van der Waals surface area contributed by atoms with Gasteiger partial charge in [-0.25, -0.2) is 0 Å². The first-order chi connectivity index (χ1) is 7.40. The van der Waals surface area contributed by atoms with E-state index in [-0.39, 0.29) is 5.60 Å². The van der Waals surface area contributed by atoms with Gasteiger partial charge < -0.3 is 19.9 Å². The molecule has 1 rings (SSSR count). The lowest BCUT2D eigenvalue weighted by atomic mass is 9.89. The Morgan fingerprint density at radius 1 is 1.38 bits per heavy atom. The average Bonchev–Trinajstić information content (AvgIpc) is 2.11. The lowest BCUT2D eigenvalue weighted by molar-refractivity contribution is -0.0509. The van der Waals surface area contributed by atoms with Crippen LogP contribution in [0.2, 0.25) is 0 Å². The summed E-state index contributed by atoms with van der Waals surface area (Å²) in [5, 5.41) is 13.0. The average molecular weight is 231 g/mol. The summed E-state index contributed by atoms with van der Waals surface area (Å²) in [6.45, 7) is 6.95. The summed E-state index contributed by atoms with van der Waals surface area (Å²) in [6.07, 6.45) is 2.06. The SMILES string of the molecule is COC1CC(NCC(O)COC(C)(C)C)C1. The van der Waals surface area contributed by atoms with Crippen LogP contribution in [0.25, 0.3) is 0 Å². The van der Waals surface area contributed by atoms with Crippen molar-refractivity contribution in [2.24, 2.45) is 0 Å². The molecule has 4 nitrogen and oxygen atoms in total. The van der Waals surface area contributed by atoms with E-state index >= 15 is 0 Å². The van der Waals surface area contributed by atoms with E-state index in [1.807, 2.05) is 20.8 Å². The zero-order valence-electron chi connectivity index (χ0n) is 10.8. The number of nitrogens with one attached hydrogen (secondary N) is 1. The molecule has 1 saturated carbocycles. The molecule has 1 aliphatic rings. The molecule has 0 aromatic heterocycles. The minimum Gasteiger partial charge on any atom is -0.389 e.